The largest absolute Gasteiger partial charge is 0.504 e. The highest BCUT2D eigenvalue weighted by Gasteiger charge is 2.20. The molecule has 110 valence electrons. The molecule has 0 saturated carbocycles. The van der Waals surface area contributed by atoms with Gasteiger partial charge in [0, 0.05) is 10.9 Å². The topological polar surface area (TPSA) is 60.7 Å². The lowest BCUT2D eigenvalue weighted by Crippen LogP contribution is -1.95. The first-order valence-electron chi connectivity index (χ1n) is 6.89. The van der Waals surface area contributed by atoms with Crippen LogP contribution in [0.2, 0.25) is 0 Å². The minimum absolute atomic E-state index is 0.361. The van der Waals surface area contributed by atoms with E-state index < -0.39 is 11.5 Å². The molecule has 0 saturated heterocycles. The Morgan fingerprint density at radius 1 is 0.850 bits per heavy atom. The van der Waals surface area contributed by atoms with Gasteiger partial charge in [0.25, 0.3) is 0 Å². The molecule has 0 unspecified atom stereocenters. The van der Waals surface area contributed by atoms with Crippen LogP contribution < -0.4 is 0 Å². The van der Waals surface area contributed by atoms with Crippen LogP contribution in [0.1, 0.15) is 38.8 Å². The lowest BCUT2D eigenvalue weighted by Gasteiger charge is -2.15. The first-order valence-corrected chi connectivity index (χ1v) is 6.89. The zero-order valence-electron chi connectivity index (χ0n) is 12.3. The van der Waals surface area contributed by atoms with Gasteiger partial charge >= 0.3 is 0 Å². The second kappa shape index (κ2) is 6.46. The molecule has 0 aliphatic heterocycles. The maximum atomic E-state index is 13.8. The molecule has 0 bridgehead atoms. The Kier molecular flexibility index (Phi) is 5.19. The molecule has 2 aromatic carbocycles. The van der Waals surface area contributed by atoms with Crippen LogP contribution in [0.5, 0.6) is 17.2 Å². The van der Waals surface area contributed by atoms with Gasteiger partial charge in [-0.15, -0.1) is 0 Å². The van der Waals surface area contributed by atoms with Crippen molar-refractivity contribution < 1.29 is 19.7 Å². The van der Waals surface area contributed by atoms with Crippen molar-refractivity contribution in [3.63, 3.8) is 0 Å². The molecule has 2 aromatic rings. The predicted octanol–water partition coefficient (Wildman–Crippen LogP) is 4.25. The van der Waals surface area contributed by atoms with Crippen molar-refractivity contribution in [2.75, 3.05) is 0 Å². The number of benzene rings is 2. The quantitative estimate of drug-likeness (QED) is 0.721. The summed E-state index contributed by atoms with van der Waals surface area (Å²) in [6.07, 6.45) is 0.881. The number of hydrogen-bond donors (Lipinski definition) is 3. The number of rotatable bonds is 2. The van der Waals surface area contributed by atoms with Crippen molar-refractivity contribution in [3.8, 4) is 17.2 Å². The first-order chi connectivity index (χ1) is 9.52. The van der Waals surface area contributed by atoms with Crippen LogP contribution in [0.15, 0.2) is 12.1 Å². The summed E-state index contributed by atoms with van der Waals surface area (Å²) in [5.74, 6) is -1.70. The molecular weight excluding hydrogens is 259 g/mol. The van der Waals surface area contributed by atoms with E-state index >= 15 is 0 Å². The third-order valence-electron chi connectivity index (χ3n) is 3.25. The zero-order valence-corrected chi connectivity index (χ0v) is 12.3. The second-order valence-electron chi connectivity index (χ2n) is 4.18. The highest BCUT2D eigenvalue weighted by molar-refractivity contribution is 5.98. The monoisotopic (exact) mass is 280 g/mol. The molecule has 0 aliphatic carbocycles. The Morgan fingerprint density at radius 3 is 1.90 bits per heavy atom. The van der Waals surface area contributed by atoms with Crippen LogP contribution in [0.4, 0.5) is 4.39 Å². The SMILES string of the molecule is CC.CCc1c(F)ccc2c(O)c(O)c(O)c(CC)c12. The van der Waals surface area contributed by atoms with Gasteiger partial charge in [0.05, 0.1) is 0 Å². The van der Waals surface area contributed by atoms with Crippen LogP contribution >= 0.6 is 0 Å². The maximum absolute atomic E-state index is 13.8. The van der Waals surface area contributed by atoms with Gasteiger partial charge in [-0.2, -0.15) is 0 Å². The van der Waals surface area contributed by atoms with Gasteiger partial charge in [0.15, 0.2) is 11.5 Å². The fourth-order valence-electron chi connectivity index (χ4n) is 2.36. The number of aryl methyl sites for hydroxylation is 2. The summed E-state index contributed by atoms with van der Waals surface area (Å²) >= 11 is 0. The Labute approximate surface area is 118 Å². The van der Waals surface area contributed by atoms with Gasteiger partial charge in [-0.3, -0.25) is 0 Å². The second-order valence-corrected chi connectivity index (χ2v) is 4.18. The van der Waals surface area contributed by atoms with E-state index in [4.69, 9.17) is 0 Å². The summed E-state index contributed by atoms with van der Waals surface area (Å²) in [6.45, 7) is 7.60. The smallest absolute Gasteiger partial charge is 0.201 e. The Bertz CT molecular complexity index is 621. The minimum Gasteiger partial charge on any atom is -0.504 e. The number of hydrogen-bond acceptors (Lipinski definition) is 3. The Balaban J connectivity index is 0.000000956. The van der Waals surface area contributed by atoms with Crippen LogP contribution in [-0.2, 0) is 12.8 Å². The molecule has 0 aliphatic rings. The van der Waals surface area contributed by atoms with E-state index in [0.717, 1.165) is 0 Å². The lowest BCUT2D eigenvalue weighted by molar-refractivity contribution is 0.369. The molecule has 0 amide bonds. The molecule has 0 spiro atoms. The van der Waals surface area contributed by atoms with Crippen LogP contribution in [0.3, 0.4) is 0 Å². The molecule has 0 aromatic heterocycles. The number of phenolic OH excluding ortho intramolecular Hbond substituents is 3. The highest BCUT2D eigenvalue weighted by atomic mass is 19.1. The highest BCUT2D eigenvalue weighted by Crippen LogP contribution is 2.46. The molecular formula is C16H21FO3. The normalized spacial score (nSPS) is 10.2. The van der Waals surface area contributed by atoms with E-state index in [9.17, 15) is 19.7 Å². The summed E-state index contributed by atoms with van der Waals surface area (Å²) in [7, 11) is 0. The lowest BCUT2D eigenvalue weighted by atomic mass is 9.94. The standard InChI is InChI=1S/C14H15FO3.C2H6/c1-3-7-10(15)6-5-9-11(7)8(4-2)12(16)14(18)13(9)17;1-2/h5-6,16-18H,3-4H2,1-2H3;1-2H3. The van der Waals surface area contributed by atoms with E-state index in [1.54, 1.807) is 13.8 Å². The molecule has 3 nitrogen and oxygen atoms in total. The van der Waals surface area contributed by atoms with Crippen LogP contribution in [0, 0.1) is 5.82 Å². The average molecular weight is 280 g/mol. The molecule has 4 heteroatoms. The summed E-state index contributed by atoms with van der Waals surface area (Å²) in [4.78, 5) is 0. The first kappa shape index (κ1) is 16.1. The molecule has 3 N–H and O–H groups in total. The minimum atomic E-state index is -0.548. The molecule has 0 fully saturated rings. The molecule has 2 rings (SSSR count). The van der Waals surface area contributed by atoms with Crippen molar-refractivity contribution in [3.05, 3.63) is 29.1 Å². The predicted molar refractivity (Wildman–Crippen MR) is 79.0 cm³/mol. The Hall–Kier alpha value is -1.97. The van der Waals surface area contributed by atoms with Gasteiger partial charge in [-0.25, -0.2) is 4.39 Å². The third-order valence-corrected chi connectivity index (χ3v) is 3.25. The molecule has 0 radical (unpaired) electrons. The maximum Gasteiger partial charge on any atom is 0.201 e. The summed E-state index contributed by atoms with van der Waals surface area (Å²) in [6, 6.07) is 2.67. The van der Waals surface area contributed by atoms with E-state index in [1.807, 2.05) is 13.8 Å². The van der Waals surface area contributed by atoms with Gasteiger partial charge < -0.3 is 15.3 Å². The van der Waals surface area contributed by atoms with Crippen LogP contribution in [-0.4, -0.2) is 15.3 Å². The molecule has 0 atom stereocenters. The zero-order chi connectivity index (χ0) is 15.4. The fraction of sp³-hybridized carbons (Fsp3) is 0.375. The van der Waals surface area contributed by atoms with Gasteiger partial charge in [0.1, 0.15) is 5.82 Å². The number of fused-ring (bicyclic) bond motifs is 1. The average Bonchev–Trinajstić information content (AvgIpc) is 2.47. The molecule has 0 heterocycles. The summed E-state index contributed by atoms with van der Waals surface area (Å²) in [5.41, 5.74) is 0.895. The number of aromatic hydroxyl groups is 3. The van der Waals surface area contributed by atoms with Gasteiger partial charge in [0.2, 0.25) is 5.75 Å². The Morgan fingerprint density at radius 2 is 1.40 bits per heavy atom. The third kappa shape index (κ3) is 2.38. The van der Waals surface area contributed by atoms with Crippen molar-refractivity contribution >= 4 is 10.8 Å². The summed E-state index contributed by atoms with van der Waals surface area (Å²) in [5, 5.41) is 30.2. The van der Waals surface area contributed by atoms with Gasteiger partial charge in [-0.1, -0.05) is 27.7 Å². The van der Waals surface area contributed by atoms with Crippen molar-refractivity contribution in [1.29, 1.82) is 0 Å². The van der Waals surface area contributed by atoms with E-state index in [1.165, 1.54) is 12.1 Å². The van der Waals surface area contributed by atoms with E-state index in [-0.39, 0.29) is 11.6 Å². The van der Waals surface area contributed by atoms with Gasteiger partial charge in [-0.05, 0) is 35.9 Å². The van der Waals surface area contributed by atoms with Crippen LogP contribution in [0.25, 0.3) is 10.8 Å². The number of halogens is 1. The fourth-order valence-corrected chi connectivity index (χ4v) is 2.36. The van der Waals surface area contributed by atoms with Crippen molar-refractivity contribution in [2.45, 2.75) is 40.5 Å². The van der Waals surface area contributed by atoms with Crippen molar-refractivity contribution in [1.82, 2.24) is 0 Å². The van der Waals surface area contributed by atoms with Crippen molar-refractivity contribution in [2.24, 2.45) is 0 Å². The molecule has 20 heavy (non-hydrogen) atoms. The number of phenols is 3. The summed E-state index contributed by atoms with van der Waals surface area (Å²) < 4.78 is 13.8. The van der Waals surface area contributed by atoms with E-state index in [2.05, 4.69) is 0 Å². The van der Waals surface area contributed by atoms with E-state index in [0.29, 0.717) is 34.7 Å².